The summed E-state index contributed by atoms with van der Waals surface area (Å²) >= 11 is 1.59. The third kappa shape index (κ3) is 4.22. The van der Waals surface area contributed by atoms with Crippen molar-refractivity contribution < 1.29 is 4.79 Å². The Morgan fingerprint density at radius 1 is 1.38 bits per heavy atom. The maximum Gasteiger partial charge on any atom is 0.226 e. The lowest BCUT2D eigenvalue weighted by Gasteiger charge is -2.35. The minimum atomic E-state index is 0.0312. The summed E-state index contributed by atoms with van der Waals surface area (Å²) in [6.07, 6.45) is 2.68. The van der Waals surface area contributed by atoms with Crippen LogP contribution in [-0.4, -0.2) is 34.4 Å². The molecule has 2 aromatic rings. The van der Waals surface area contributed by atoms with Crippen LogP contribution < -0.4 is 5.32 Å². The summed E-state index contributed by atoms with van der Waals surface area (Å²) in [6.45, 7) is 6.95. The van der Waals surface area contributed by atoms with Crippen molar-refractivity contribution in [3.63, 3.8) is 0 Å². The molecule has 24 heavy (non-hydrogen) atoms. The van der Waals surface area contributed by atoms with Gasteiger partial charge in [0.1, 0.15) is 0 Å². The van der Waals surface area contributed by atoms with Gasteiger partial charge in [0.15, 0.2) is 0 Å². The Morgan fingerprint density at radius 3 is 2.88 bits per heavy atom. The van der Waals surface area contributed by atoms with E-state index in [1.165, 1.54) is 12.0 Å². The largest absolute Gasteiger partial charge is 0.354 e. The summed E-state index contributed by atoms with van der Waals surface area (Å²) < 4.78 is 0. The van der Waals surface area contributed by atoms with Crippen LogP contribution in [0.1, 0.15) is 36.0 Å². The summed E-state index contributed by atoms with van der Waals surface area (Å²) in [4.78, 5) is 19.1. The number of hydrogen-bond acceptors (Lipinski definition) is 4. The SMILES string of the molecule is Cc1nc(CC(=O)NCC2(C)CCCN2Cc2ccccc2)cs1. The summed E-state index contributed by atoms with van der Waals surface area (Å²) in [5.41, 5.74) is 2.23. The molecule has 1 amide bonds. The lowest BCUT2D eigenvalue weighted by Crippen LogP contribution is -2.49. The van der Waals surface area contributed by atoms with Gasteiger partial charge in [-0.15, -0.1) is 11.3 Å². The third-order valence-electron chi connectivity index (χ3n) is 4.80. The number of hydrogen-bond donors (Lipinski definition) is 1. The number of thiazole rings is 1. The lowest BCUT2D eigenvalue weighted by molar-refractivity contribution is -0.121. The number of amides is 1. The van der Waals surface area contributed by atoms with Gasteiger partial charge >= 0.3 is 0 Å². The summed E-state index contributed by atoms with van der Waals surface area (Å²) in [7, 11) is 0. The van der Waals surface area contributed by atoms with Crippen molar-refractivity contribution in [1.82, 2.24) is 15.2 Å². The molecule has 1 unspecified atom stereocenters. The normalized spacial score (nSPS) is 21.1. The predicted octanol–water partition coefficient (Wildman–Crippen LogP) is 3.16. The van der Waals surface area contributed by atoms with Crippen LogP contribution in [0.3, 0.4) is 0 Å². The average Bonchev–Trinajstić information content (AvgIpc) is 3.13. The van der Waals surface area contributed by atoms with E-state index in [4.69, 9.17) is 0 Å². The van der Waals surface area contributed by atoms with Crippen molar-refractivity contribution in [1.29, 1.82) is 0 Å². The first kappa shape index (κ1) is 17.1. The van der Waals surface area contributed by atoms with E-state index < -0.39 is 0 Å². The van der Waals surface area contributed by atoms with Gasteiger partial charge in [-0.05, 0) is 38.8 Å². The van der Waals surface area contributed by atoms with E-state index in [2.05, 4.69) is 46.4 Å². The molecule has 1 saturated heterocycles. The first-order valence-corrected chi connectivity index (χ1v) is 9.40. The van der Waals surface area contributed by atoms with Crippen molar-refractivity contribution in [2.45, 2.75) is 45.2 Å². The molecule has 1 atom stereocenters. The molecule has 128 valence electrons. The van der Waals surface area contributed by atoms with Crippen molar-refractivity contribution >= 4 is 17.2 Å². The highest BCUT2D eigenvalue weighted by Gasteiger charge is 2.36. The molecule has 3 rings (SSSR count). The quantitative estimate of drug-likeness (QED) is 0.876. The van der Waals surface area contributed by atoms with E-state index in [-0.39, 0.29) is 11.4 Å². The van der Waals surface area contributed by atoms with E-state index in [0.29, 0.717) is 13.0 Å². The monoisotopic (exact) mass is 343 g/mol. The number of carbonyl (C=O) groups excluding carboxylic acids is 1. The highest BCUT2D eigenvalue weighted by atomic mass is 32.1. The van der Waals surface area contributed by atoms with Gasteiger partial charge in [-0.3, -0.25) is 9.69 Å². The number of aryl methyl sites for hydroxylation is 1. The van der Waals surface area contributed by atoms with Gasteiger partial charge in [-0.25, -0.2) is 4.98 Å². The topological polar surface area (TPSA) is 45.2 Å². The zero-order chi connectivity index (χ0) is 17.0. The fourth-order valence-electron chi connectivity index (χ4n) is 3.36. The third-order valence-corrected chi connectivity index (χ3v) is 5.62. The molecular formula is C19H25N3OS. The van der Waals surface area contributed by atoms with Crippen LogP contribution in [0.2, 0.25) is 0 Å². The van der Waals surface area contributed by atoms with Crippen molar-refractivity contribution in [2.75, 3.05) is 13.1 Å². The van der Waals surface area contributed by atoms with Crippen LogP contribution in [0.5, 0.6) is 0 Å². The Bertz CT molecular complexity index is 685. The molecule has 0 bridgehead atoms. The highest BCUT2D eigenvalue weighted by Crippen LogP contribution is 2.30. The minimum absolute atomic E-state index is 0.0312. The van der Waals surface area contributed by atoms with Gasteiger partial charge in [-0.1, -0.05) is 30.3 Å². The molecule has 2 heterocycles. The van der Waals surface area contributed by atoms with E-state index in [1.807, 2.05) is 18.4 Å². The Hall–Kier alpha value is -1.72. The van der Waals surface area contributed by atoms with Crippen LogP contribution in [0, 0.1) is 6.92 Å². The number of benzene rings is 1. The van der Waals surface area contributed by atoms with E-state index in [0.717, 1.165) is 30.2 Å². The molecule has 4 nitrogen and oxygen atoms in total. The van der Waals surface area contributed by atoms with Crippen LogP contribution in [0.4, 0.5) is 0 Å². The number of nitrogens with one attached hydrogen (secondary N) is 1. The van der Waals surface area contributed by atoms with E-state index >= 15 is 0 Å². The highest BCUT2D eigenvalue weighted by molar-refractivity contribution is 7.09. The summed E-state index contributed by atoms with van der Waals surface area (Å²) in [5, 5.41) is 6.10. The number of likely N-dealkylation sites (tertiary alicyclic amines) is 1. The molecular weight excluding hydrogens is 318 g/mol. The van der Waals surface area contributed by atoms with Crippen molar-refractivity contribution in [3.8, 4) is 0 Å². The summed E-state index contributed by atoms with van der Waals surface area (Å²) in [6, 6.07) is 10.6. The number of rotatable bonds is 6. The first-order chi connectivity index (χ1) is 11.5. The number of aromatic nitrogens is 1. The van der Waals surface area contributed by atoms with E-state index in [1.54, 1.807) is 11.3 Å². The second-order valence-electron chi connectivity index (χ2n) is 6.82. The zero-order valence-corrected chi connectivity index (χ0v) is 15.2. The molecule has 5 heteroatoms. The Balaban J connectivity index is 1.55. The van der Waals surface area contributed by atoms with Crippen LogP contribution in [-0.2, 0) is 17.8 Å². The first-order valence-electron chi connectivity index (χ1n) is 8.52. The second kappa shape index (κ2) is 7.45. The molecule has 1 aliphatic heterocycles. The lowest BCUT2D eigenvalue weighted by atomic mass is 9.98. The molecule has 0 saturated carbocycles. The van der Waals surface area contributed by atoms with Gasteiger partial charge in [0.2, 0.25) is 5.91 Å². The van der Waals surface area contributed by atoms with Gasteiger partial charge in [0.25, 0.3) is 0 Å². The standard InChI is InChI=1S/C19H25N3OS/c1-15-21-17(13-24-15)11-18(23)20-14-19(2)9-6-10-22(19)12-16-7-4-3-5-8-16/h3-5,7-8,13H,6,9-12,14H2,1-2H3,(H,20,23). The maximum atomic E-state index is 12.2. The molecule has 0 aliphatic carbocycles. The van der Waals surface area contributed by atoms with Crippen LogP contribution >= 0.6 is 11.3 Å². The molecule has 0 spiro atoms. The van der Waals surface area contributed by atoms with Crippen LogP contribution in [0.25, 0.3) is 0 Å². The maximum absolute atomic E-state index is 12.2. The number of carbonyl (C=O) groups is 1. The average molecular weight is 343 g/mol. The van der Waals surface area contributed by atoms with Crippen LogP contribution in [0.15, 0.2) is 35.7 Å². The fourth-order valence-corrected chi connectivity index (χ4v) is 3.97. The predicted molar refractivity (Wildman–Crippen MR) is 98.1 cm³/mol. The molecule has 0 radical (unpaired) electrons. The molecule has 1 N–H and O–H groups in total. The molecule has 1 aliphatic rings. The number of nitrogens with zero attached hydrogens (tertiary/aromatic N) is 2. The van der Waals surface area contributed by atoms with E-state index in [9.17, 15) is 4.79 Å². The Labute approximate surface area is 147 Å². The molecule has 1 aromatic heterocycles. The second-order valence-corrected chi connectivity index (χ2v) is 7.88. The summed E-state index contributed by atoms with van der Waals surface area (Å²) in [5.74, 6) is 0.0630. The van der Waals surface area contributed by atoms with Gasteiger partial charge < -0.3 is 5.32 Å². The Kier molecular flexibility index (Phi) is 5.31. The minimum Gasteiger partial charge on any atom is -0.354 e. The molecule has 1 fully saturated rings. The Morgan fingerprint density at radius 2 is 2.17 bits per heavy atom. The smallest absolute Gasteiger partial charge is 0.226 e. The fraction of sp³-hybridized carbons (Fsp3) is 0.474. The van der Waals surface area contributed by atoms with Crippen molar-refractivity contribution in [2.24, 2.45) is 0 Å². The van der Waals surface area contributed by atoms with Crippen molar-refractivity contribution in [3.05, 3.63) is 52.0 Å². The molecule has 1 aromatic carbocycles. The van der Waals surface area contributed by atoms with Gasteiger partial charge in [0, 0.05) is 24.0 Å². The zero-order valence-electron chi connectivity index (χ0n) is 14.4. The van der Waals surface area contributed by atoms with Gasteiger partial charge in [-0.2, -0.15) is 0 Å². The van der Waals surface area contributed by atoms with Gasteiger partial charge in [0.05, 0.1) is 17.1 Å².